The number of fused-ring (bicyclic) bond motifs is 5. The Balaban J connectivity index is 1.41. The lowest BCUT2D eigenvalue weighted by Gasteiger charge is -2.14. The molecule has 1 aromatic heterocycles. The lowest BCUT2D eigenvalue weighted by molar-refractivity contribution is -0.124. The Labute approximate surface area is 148 Å². The molecular formula is C17H15ClN4O3. The van der Waals surface area contributed by atoms with Gasteiger partial charge in [0.05, 0.1) is 30.6 Å². The van der Waals surface area contributed by atoms with Gasteiger partial charge in [0, 0.05) is 5.02 Å². The fraction of sp³-hybridized carbons (Fsp3) is 0.412. The minimum Gasteiger partial charge on any atom is -0.373 e. The van der Waals surface area contributed by atoms with Gasteiger partial charge in [0.2, 0.25) is 11.8 Å². The molecule has 0 unspecified atom stereocenters. The number of carbonyl (C=O) groups is 2. The molecule has 0 aliphatic carbocycles. The zero-order valence-electron chi connectivity index (χ0n) is 13.2. The van der Waals surface area contributed by atoms with Crippen molar-refractivity contribution in [1.82, 2.24) is 14.8 Å². The normalized spacial score (nSPS) is 30.4. The van der Waals surface area contributed by atoms with Gasteiger partial charge < -0.3 is 4.74 Å². The zero-order chi connectivity index (χ0) is 17.1. The standard InChI is InChI=1S/C17H15ClN4O3/c18-10-4-2-1-3-9(10)7-21-8-19-17(20-21)22-15(23)13-11-5-6-12(25-11)14(13)16(22)24/h1-4,8,11-14H,5-7H2/t11-,12-,13-,14-/m0/s1. The molecule has 1 aromatic carbocycles. The van der Waals surface area contributed by atoms with Crippen molar-refractivity contribution in [2.24, 2.45) is 11.8 Å². The van der Waals surface area contributed by atoms with E-state index in [0.29, 0.717) is 11.6 Å². The van der Waals surface area contributed by atoms with Gasteiger partial charge in [0.1, 0.15) is 6.33 Å². The number of hydrogen-bond donors (Lipinski definition) is 0. The van der Waals surface area contributed by atoms with E-state index in [-0.39, 0.29) is 41.8 Å². The number of carbonyl (C=O) groups excluding carboxylic acids is 2. The van der Waals surface area contributed by atoms with Crippen molar-refractivity contribution < 1.29 is 14.3 Å². The molecule has 0 spiro atoms. The van der Waals surface area contributed by atoms with Gasteiger partial charge in [0.15, 0.2) is 0 Å². The van der Waals surface area contributed by atoms with E-state index in [9.17, 15) is 9.59 Å². The van der Waals surface area contributed by atoms with Gasteiger partial charge in [-0.15, -0.1) is 5.10 Å². The van der Waals surface area contributed by atoms with Crippen LogP contribution in [0.15, 0.2) is 30.6 Å². The van der Waals surface area contributed by atoms with Crippen LogP contribution in [0.3, 0.4) is 0 Å². The first-order valence-corrected chi connectivity index (χ1v) is 8.67. The van der Waals surface area contributed by atoms with Crippen LogP contribution >= 0.6 is 11.6 Å². The van der Waals surface area contributed by atoms with Crippen molar-refractivity contribution in [3.8, 4) is 0 Å². The van der Waals surface area contributed by atoms with E-state index in [1.54, 1.807) is 10.7 Å². The van der Waals surface area contributed by atoms with Crippen LogP contribution < -0.4 is 4.90 Å². The minimum absolute atomic E-state index is 0.135. The van der Waals surface area contributed by atoms with E-state index >= 15 is 0 Å². The first-order chi connectivity index (χ1) is 12.1. The molecule has 4 heterocycles. The van der Waals surface area contributed by atoms with Gasteiger partial charge >= 0.3 is 0 Å². The van der Waals surface area contributed by atoms with E-state index in [1.165, 1.54) is 6.33 Å². The van der Waals surface area contributed by atoms with Crippen LogP contribution in [0.1, 0.15) is 18.4 Å². The van der Waals surface area contributed by atoms with Crippen LogP contribution in [0.5, 0.6) is 0 Å². The number of ether oxygens (including phenoxy) is 1. The third kappa shape index (κ3) is 2.15. The van der Waals surface area contributed by atoms with Gasteiger partial charge in [-0.05, 0) is 24.5 Å². The van der Waals surface area contributed by atoms with Crippen molar-refractivity contribution >= 4 is 29.4 Å². The lowest BCUT2D eigenvalue weighted by Crippen LogP contribution is -2.35. The number of anilines is 1. The third-order valence-electron chi connectivity index (χ3n) is 5.30. The maximum Gasteiger partial charge on any atom is 0.258 e. The van der Waals surface area contributed by atoms with Gasteiger partial charge in [0.25, 0.3) is 5.95 Å². The molecule has 0 saturated carbocycles. The van der Waals surface area contributed by atoms with Gasteiger partial charge in [-0.25, -0.2) is 9.58 Å². The van der Waals surface area contributed by atoms with Crippen LogP contribution in [-0.4, -0.2) is 38.8 Å². The molecule has 0 radical (unpaired) electrons. The predicted octanol–water partition coefficient (Wildman–Crippen LogP) is 1.65. The first-order valence-electron chi connectivity index (χ1n) is 8.29. The van der Waals surface area contributed by atoms with E-state index in [2.05, 4.69) is 10.1 Å². The number of amides is 2. The molecule has 2 aromatic rings. The van der Waals surface area contributed by atoms with E-state index in [1.807, 2.05) is 18.2 Å². The molecule has 2 amide bonds. The summed E-state index contributed by atoms with van der Waals surface area (Å²) in [5.41, 5.74) is 0.892. The molecular weight excluding hydrogens is 344 g/mol. The van der Waals surface area contributed by atoms with E-state index in [4.69, 9.17) is 16.3 Å². The predicted molar refractivity (Wildman–Crippen MR) is 87.9 cm³/mol. The molecule has 3 aliphatic heterocycles. The fourth-order valence-corrected chi connectivity index (χ4v) is 4.37. The van der Waals surface area contributed by atoms with E-state index in [0.717, 1.165) is 23.3 Å². The summed E-state index contributed by atoms with van der Waals surface area (Å²) in [6, 6.07) is 7.45. The Kier molecular flexibility index (Phi) is 3.23. The van der Waals surface area contributed by atoms with Crippen molar-refractivity contribution in [1.29, 1.82) is 0 Å². The second-order valence-electron chi connectivity index (χ2n) is 6.69. The Morgan fingerprint density at radius 3 is 2.48 bits per heavy atom. The molecule has 2 bridgehead atoms. The Bertz CT molecular complexity index is 854. The quantitative estimate of drug-likeness (QED) is 0.780. The van der Waals surface area contributed by atoms with Crippen molar-refractivity contribution in [3.63, 3.8) is 0 Å². The summed E-state index contributed by atoms with van der Waals surface area (Å²) in [6.07, 6.45) is 2.92. The molecule has 0 N–H and O–H groups in total. The number of aromatic nitrogens is 3. The molecule has 25 heavy (non-hydrogen) atoms. The maximum atomic E-state index is 12.7. The monoisotopic (exact) mass is 358 g/mol. The highest BCUT2D eigenvalue weighted by molar-refractivity contribution is 6.31. The summed E-state index contributed by atoms with van der Waals surface area (Å²) in [6.45, 7) is 0.421. The van der Waals surface area contributed by atoms with Gasteiger partial charge in [-0.1, -0.05) is 29.8 Å². The smallest absolute Gasteiger partial charge is 0.258 e. The summed E-state index contributed by atoms with van der Waals surface area (Å²) < 4.78 is 7.31. The molecule has 5 rings (SSSR count). The van der Waals surface area contributed by atoms with Crippen molar-refractivity contribution in [2.45, 2.75) is 31.6 Å². The summed E-state index contributed by atoms with van der Waals surface area (Å²) >= 11 is 6.16. The summed E-state index contributed by atoms with van der Waals surface area (Å²) in [5.74, 6) is -1.09. The lowest BCUT2D eigenvalue weighted by atomic mass is 9.81. The van der Waals surface area contributed by atoms with Crippen molar-refractivity contribution in [2.75, 3.05) is 4.90 Å². The van der Waals surface area contributed by atoms with Gasteiger partial charge in [-0.2, -0.15) is 4.98 Å². The topological polar surface area (TPSA) is 77.3 Å². The summed E-state index contributed by atoms with van der Waals surface area (Å²) in [5, 5.41) is 4.95. The van der Waals surface area contributed by atoms with Crippen LogP contribution in [0, 0.1) is 11.8 Å². The second-order valence-corrected chi connectivity index (χ2v) is 7.09. The number of halogens is 1. The van der Waals surface area contributed by atoms with Crippen LogP contribution in [0.25, 0.3) is 0 Å². The zero-order valence-corrected chi connectivity index (χ0v) is 14.0. The van der Waals surface area contributed by atoms with Crippen LogP contribution in [0.4, 0.5) is 5.95 Å². The highest BCUT2D eigenvalue weighted by Gasteiger charge is 2.63. The van der Waals surface area contributed by atoms with Gasteiger partial charge in [-0.3, -0.25) is 9.59 Å². The summed E-state index contributed by atoms with van der Waals surface area (Å²) in [4.78, 5) is 30.8. The fourth-order valence-electron chi connectivity index (χ4n) is 4.17. The SMILES string of the molecule is O=C1[C@@H]2[C@@H](C(=O)N1c1ncn(Cc3ccccc3Cl)n1)[C@@H]1CC[C@@H]2O1. The maximum absolute atomic E-state index is 12.7. The number of nitrogens with zero attached hydrogens (tertiary/aromatic N) is 4. The van der Waals surface area contributed by atoms with Crippen LogP contribution in [-0.2, 0) is 20.9 Å². The number of benzene rings is 1. The third-order valence-corrected chi connectivity index (χ3v) is 5.67. The highest BCUT2D eigenvalue weighted by atomic mass is 35.5. The highest BCUT2D eigenvalue weighted by Crippen LogP contribution is 2.48. The Morgan fingerprint density at radius 1 is 1.12 bits per heavy atom. The van der Waals surface area contributed by atoms with Crippen LogP contribution in [0.2, 0.25) is 5.02 Å². The Hall–Kier alpha value is -2.25. The summed E-state index contributed by atoms with van der Waals surface area (Å²) in [7, 11) is 0. The number of hydrogen-bond acceptors (Lipinski definition) is 5. The Morgan fingerprint density at radius 2 is 1.80 bits per heavy atom. The second kappa shape index (κ2) is 5.37. The molecule has 128 valence electrons. The molecule has 4 atom stereocenters. The number of rotatable bonds is 3. The number of imide groups is 1. The van der Waals surface area contributed by atoms with E-state index < -0.39 is 0 Å². The average Bonchev–Trinajstić information content (AvgIpc) is 3.35. The van der Waals surface area contributed by atoms with Crippen molar-refractivity contribution in [3.05, 3.63) is 41.2 Å². The largest absolute Gasteiger partial charge is 0.373 e. The molecule has 8 heteroatoms. The average molecular weight is 359 g/mol. The molecule has 3 saturated heterocycles. The first kappa shape index (κ1) is 15.0. The molecule has 7 nitrogen and oxygen atoms in total. The molecule has 3 aliphatic rings. The minimum atomic E-state index is -0.373. The molecule has 3 fully saturated rings.